The van der Waals surface area contributed by atoms with E-state index in [0.29, 0.717) is 0 Å². The Morgan fingerprint density at radius 1 is 0.500 bits per heavy atom. The molecule has 0 aliphatic heterocycles. The zero-order chi connectivity index (χ0) is 17.3. The molecule has 0 unspecified atom stereocenters. The van der Waals surface area contributed by atoms with Crippen molar-refractivity contribution in [1.82, 2.24) is 4.57 Å². The van der Waals surface area contributed by atoms with E-state index < -0.39 is 0 Å². The highest BCUT2D eigenvalue weighted by Crippen LogP contribution is 2.30. The highest BCUT2D eigenvalue weighted by atomic mass is 15.0. The van der Waals surface area contributed by atoms with Gasteiger partial charge in [0, 0.05) is 28.4 Å². The van der Waals surface area contributed by atoms with Gasteiger partial charge >= 0.3 is 0 Å². The molecule has 0 bridgehead atoms. The lowest BCUT2D eigenvalue weighted by molar-refractivity contribution is 0.869. The van der Waals surface area contributed by atoms with Gasteiger partial charge in [-0.2, -0.15) is 0 Å². The third kappa shape index (κ3) is 2.49. The first-order valence-electron chi connectivity index (χ1n) is 9.00. The predicted molar refractivity (Wildman–Crippen MR) is 110 cm³/mol. The van der Waals surface area contributed by atoms with Crippen molar-refractivity contribution in [1.29, 1.82) is 0 Å². The first-order chi connectivity index (χ1) is 12.9. The summed E-state index contributed by atoms with van der Waals surface area (Å²) in [4.78, 5) is 0. The van der Waals surface area contributed by atoms with Crippen LogP contribution in [0.15, 0.2) is 103 Å². The SMILES string of the molecule is c1ccc(-c2cccc(Cn3c4ccccc4c4ccccc43)c2)cc1. The Morgan fingerprint density at radius 3 is 1.77 bits per heavy atom. The molecule has 0 N–H and O–H groups in total. The Balaban J connectivity index is 1.64. The second kappa shape index (κ2) is 6.20. The van der Waals surface area contributed by atoms with E-state index in [9.17, 15) is 0 Å². The summed E-state index contributed by atoms with van der Waals surface area (Å²) in [5.41, 5.74) is 6.43. The van der Waals surface area contributed by atoms with Crippen LogP contribution in [0, 0.1) is 0 Å². The summed E-state index contributed by atoms with van der Waals surface area (Å²) in [6.07, 6.45) is 0. The number of nitrogens with zero attached hydrogens (tertiary/aromatic N) is 1. The Kier molecular flexibility index (Phi) is 3.57. The quantitative estimate of drug-likeness (QED) is 0.355. The highest BCUT2D eigenvalue weighted by Gasteiger charge is 2.10. The molecule has 0 radical (unpaired) electrons. The topological polar surface area (TPSA) is 4.93 Å². The number of hydrogen-bond acceptors (Lipinski definition) is 0. The third-order valence-corrected chi connectivity index (χ3v) is 5.05. The summed E-state index contributed by atoms with van der Waals surface area (Å²) in [6.45, 7) is 0.870. The van der Waals surface area contributed by atoms with Crippen molar-refractivity contribution in [3.63, 3.8) is 0 Å². The number of para-hydroxylation sites is 2. The Morgan fingerprint density at radius 2 is 1.08 bits per heavy atom. The summed E-state index contributed by atoms with van der Waals surface area (Å²) in [7, 11) is 0. The number of fused-ring (bicyclic) bond motifs is 3. The van der Waals surface area contributed by atoms with Gasteiger partial charge in [0.1, 0.15) is 0 Å². The monoisotopic (exact) mass is 333 g/mol. The van der Waals surface area contributed by atoms with Crippen LogP contribution in [0.3, 0.4) is 0 Å². The van der Waals surface area contributed by atoms with Gasteiger partial charge in [0.25, 0.3) is 0 Å². The van der Waals surface area contributed by atoms with Crippen LogP contribution in [0.5, 0.6) is 0 Å². The third-order valence-electron chi connectivity index (χ3n) is 5.05. The van der Waals surface area contributed by atoms with E-state index in [2.05, 4.69) is 108 Å². The van der Waals surface area contributed by atoms with Crippen molar-refractivity contribution in [2.45, 2.75) is 6.54 Å². The smallest absolute Gasteiger partial charge is 0.0494 e. The van der Waals surface area contributed by atoms with Crippen LogP contribution in [-0.4, -0.2) is 4.57 Å². The molecule has 0 fully saturated rings. The molecule has 1 heteroatoms. The van der Waals surface area contributed by atoms with E-state index in [1.165, 1.54) is 38.5 Å². The number of benzene rings is 4. The zero-order valence-electron chi connectivity index (χ0n) is 14.5. The van der Waals surface area contributed by atoms with Gasteiger partial charge in [-0.1, -0.05) is 84.9 Å². The largest absolute Gasteiger partial charge is 0.336 e. The molecule has 1 heterocycles. The zero-order valence-corrected chi connectivity index (χ0v) is 14.5. The summed E-state index contributed by atoms with van der Waals surface area (Å²) in [5.74, 6) is 0. The van der Waals surface area contributed by atoms with Gasteiger partial charge in [-0.15, -0.1) is 0 Å². The molecular formula is C25H19N. The van der Waals surface area contributed by atoms with Gasteiger partial charge in [-0.05, 0) is 34.9 Å². The molecule has 0 aliphatic rings. The molecule has 4 aromatic carbocycles. The minimum absolute atomic E-state index is 0.870. The van der Waals surface area contributed by atoms with Crippen molar-refractivity contribution in [3.05, 3.63) is 109 Å². The fraction of sp³-hybridized carbons (Fsp3) is 0.0400. The fourth-order valence-electron chi connectivity index (χ4n) is 3.84. The number of aromatic nitrogens is 1. The number of rotatable bonds is 3. The second-order valence-corrected chi connectivity index (χ2v) is 6.69. The van der Waals surface area contributed by atoms with Crippen LogP contribution in [0.1, 0.15) is 5.56 Å². The van der Waals surface area contributed by atoms with Crippen LogP contribution in [0.2, 0.25) is 0 Å². The average Bonchev–Trinajstić information content (AvgIpc) is 3.03. The lowest BCUT2D eigenvalue weighted by Gasteiger charge is -2.10. The fourth-order valence-corrected chi connectivity index (χ4v) is 3.84. The van der Waals surface area contributed by atoms with E-state index in [1.54, 1.807) is 0 Å². The molecule has 0 spiro atoms. The normalized spacial score (nSPS) is 11.2. The Bertz CT molecular complexity index is 1150. The van der Waals surface area contributed by atoms with Crippen LogP contribution < -0.4 is 0 Å². The second-order valence-electron chi connectivity index (χ2n) is 6.69. The van der Waals surface area contributed by atoms with Crippen LogP contribution >= 0.6 is 0 Å². The summed E-state index contributed by atoms with van der Waals surface area (Å²) in [6, 6.07) is 36.8. The van der Waals surface area contributed by atoms with Crippen molar-refractivity contribution in [3.8, 4) is 11.1 Å². The molecule has 0 aliphatic carbocycles. The predicted octanol–water partition coefficient (Wildman–Crippen LogP) is 6.51. The molecule has 26 heavy (non-hydrogen) atoms. The molecule has 5 aromatic rings. The lowest BCUT2D eigenvalue weighted by atomic mass is 10.0. The Hall–Kier alpha value is -3.32. The highest BCUT2D eigenvalue weighted by molar-refractivity contribution is 6.08. The number of hydrogen-bond donors (Lipinski definition) is 0. The minimum Gasteiger partial charge on any atom is -0.336 e. The summed E-state index contributed by atoms with van der Waals surface area (Å²) < 4.78 is 2.43. The maximum Gasteiger partial charge on any atom is 0.0494 e. The van der Waals surface area contributed by atoms with E-state index in [-0.39, 0.29) is 0 Å². The van der Waals surface area contributed by atoms with Crippen LogP contribution in [0.25, 0.3) is 32.9 Å². The molecule has 124 valence electrons. The first kappa shape index (κ1) is 15.0. The van der Waals surface area contributed by atoms with Crippen molar-refractivity contribution in [2.24, 2.45) is 0 Å². The van der Waals surface area contributed by atoms with Crippen molar-refractivity contribution in [2.75, 3.05) is 0 Å². The van der Waals surface area contributed by atoms with Crippen molar-refractivity contribution >= 4 is 21.8 Å². The van der Waals surface area contributed by atoms with Gasteiger partial charge in [0.15, 0.2) is 0 Å². The van der Waals surface area contributed by atoms with E-state index in [4.69, 9.17) is 0 Å². The van der Waals surface area contributed by atoms with Gasteiger partial charge in [0.05, 0.1) is 0 Å². The molecule has 0 atom stereocenters. The van der Waals surface area contributed by atoms with Crippen LogP contribution in [0.4, 0.5) is 0 Å². The average molecular weight is 333 g/mol. The van der Waals surface area contributed by atoms with Gasteiger partial charge in [0.2, 0.25) is 0 Å². The van der Waals surface area contributed by atoms with Crippen molar-refractivity contribution < 1.29 is 0 Å². The molecule has 1 aromatic heterocycles. The van der Waals surface area contributed by atoms with E-state index in [0.717, 1.165) is 6.54 Å². The molecule has 1 nitrogen and oxygen atoms in total. The summed E-state index contributed by atoms with van der Waals surface area (Å²) >= 11 is 0. The standard InChI is InChI=1S/C25H19N/c1-2-10-20(11-3-1)21-12-8-9-19(17-21)18-26-24-15-6-4-13-22(24)23-14-5-7-16-25(23)26/h1-17H,18H2. The van der Waals surface area contributed by atoms with Gasteiger partial charge in [-0.25, -0.2) is 0 Å². The van der Waals surface area contributed by atoms with E-state index >= 15 is 0 Å². The molecule has 5 rings (SSSR count). The Labute approximate surface area is 153 Å². The van der Waals surface area contributed by atoms with E-state index in [1.807, 2.05) is 0 Å². The molecular weight excluding hydrogens is 314 g/mol. The van der Waals surface area contributed by atoms with Gasteiger partial charge in [-0.3, -0.25) is 0 Å². The van der Waals surface area contributed by atoms with Gasteiger partial charge < -0.3 is 4.57 Å². The maximum atomic E-state index is 2.43. The molecule has 0 saturated carbocycles. The summed E-state index contributed by atoms with van der Waals surface area (Å²) in [5, 5.41) is 2.64. The van der Waals surface area contributed by atoms with Crippen LogP contribution in [-0.2, 0) is 6.54 Å². The first-order valence-corrected chi connectivity index (χ1v) is 9.00. The minimum atomic E-state index is 0.870. The molecule has 0 amide bonds. The molecule has 0 saturated heterocycles. The lowest BCUT2D eigenvalue weighted by Crippen LogP contribution is -1.99. The maximum absolute atomic E-state index is 2.43.